The summed E-state index contributed by atoms with van der Waals surface area (Å²) in [5, 5.41) is 10.5. The zero-order valence-electron chi connectivity index (χ0n) is 12.1. The predicted molar refractivity (Wildman–Crippen MR) is 80.3 cm³/mol. The number of aryl methyl sites for hydroxylation is 2. The Hall–Kier alpha value is -1.67. The van der Waals surface area contributed by atoms with Crippen molar-refractivity contribution in [1.82, 2.24) is 0 Å². The Kier molecular flexibility index (Phi) is 4.91. The molecule has 0 aromatic heterocycles. The molecule has 0 spiro atoms. The third-order valence-electron chi connectivity index (χ3n) is 3.73. The Morgan fingerprint density at radius 2 is 1.75 bits per heavy atom. The average Bonchev–Trinajstić information content (AvgIpc) is 2.48. The molecule has 0 aliphatic rings. The average molecular weight is 272 g/mol. The summed E-state index contributed by atoms with van der Waals surface area (Å²) in [6.45, 7) is 4.16. The van der Waals surface area contributed by atoms with Gasteiger partial charge in [-0.1, -0.05) is 50.2 Å². The third kappa shape index (κ3) is 3.26. The van der Waals surface area contributed by atoms with Crippen LogP contribution in [0.4, 0.5) is 4.39 Å². The normalized spacial score (nSPS) is 12.4. The second-order valence-electron chi connectivity index (χ2n) is 5.05. The van der Waals surface area contributed by atoms with E-state index in [-0.39, 0.29) is 5.82 Å². The van der Waals surface area contributed by atoms with E-state index in [2.05, 4.69) is 26.0 Å². The van der Waals surface area contributed by atoms with Crippen LogP contribution in [0, 0.1) is 5.82 Å². The molecule has 2 aromatic carbocycles. The molecular formula is C18H21FO. The van der Waals surface area contributed by atoms with Gasteiger partial charge in [0.05, 0.1) is 6.10 Å². The smallest absolute Gasteiger partial charge is 0.126 e. The molecule has 1 N–H and O–H groups in total. The minimum Gasteiger partial charge on any atom is -0.388 e. The van der Waals surface area contributed by atoms with E-state index in [1.54, 1.807) is 18.2 Å². The summed E-state index contributed by atoms with van der Waals surface area (Å²) in [6, 6.07) is 12.8. The van der Waals surface area contributed by atoms with Crippen molar-refractivity contribution in [2.75, 3.05) is 0 Å². The lowest BCUT2D eigenvalue weighted by atomic mass is 9.93. The van der Waals surface area contributed by atoms with Crippen molar-refractivity contribution in [1.29, 1.82) is 0 Å². The van der Waals surface area contributed by atoms with Gasteiger partial charge in [-0.3, -0.25) is 0 Å². The molecule has 0 saturated heterocycles. The molecule has 20 heavy (non-hydrogen) atoms. The van der Waals surface area contributed by atoms with Crippen molar-refractivity contribution in [3.63, 3.8) is 0 Å². The van der Waals surface area contributed by atoms with Crippen molar-refractivity contribution in [3.05, 3.63) is 70.5 Å². The largest absolute Gasteiger partial charge is 0.388 e. The van der Waals surface area contributed by atoms with Gasteiger partial charge in [-0.15, -0.1) is 0 Å². The van der Waals surface area contributed by atoms with E-state index in [9.17, 15) is 9.50 Å². The first-order valence-electron chi connectivity index (χ1n) is 7.18. The molecule has 0 radical (unpaired) electrons. The van der Waals surface area contributed by atoms with E-state index >= 15 is 0 Å². The zero-order chi connectivity index (χ0) is 14.5. The number of hydrogen-bond donors (Lipinski definition) is 1. The fourth-order valence-corrected chi connectivity index (χ4v) is 2.48. The van der Waals surface area contributed by atoms with Crippen molar-refractivity contribution in [2.45, 2.75) is 39.2 Å². The Morgan fingerprint density at radius 3 is 2.40 bits per heavy atom. The summed E-state index contributed by atoms with van der Waals surface area (Å²) >= 11 is 0. The van der Waals surface area contributed by atoms with E-state index in [1.807, 2.05) is 6.07 Å². The molecule has 0 saturated carbocycles. The van der Waals surface area contributed by atoms with Gasteiger partial charge in [0.15, 0.2) is 0 Å². The molecule has 2 rings (SSSR count). The molecule has 0 aliphatic carbocycles. The second-order valence-corrected chi connectivity index (χ2v) is 5.05. The molecule has 2 aromatic rings. The maximum atomic E-state index is 13.7. The summed E-state index contributed by atoms with van der Waals surface area (Å²) in [4.78, 5) is 0. The molecule has 1 nitrogen and oxygen atoms in total. The maximum absolute atomic E-state index is 13.7. The first kappa shape index (κ1) is 14.7. The highest BCUT2D eigenvalue weighted by molar-refractivity contribution is 5.35. The van der Waals surface area contributed by atoms with Crippen LogP contribution in [0.5, 0.6) is 0 Å². The van der Waals surface area contributed by atoms with Gasteiger partial charge in [-0.05, 0) is 41.2 Å². The minimum atomic E-state index is -0.659. The number of aliphatic hydroxyl groups excluding tert-OH is 1. The van der Waals surface area contributed by atoms with Gasteiger partial charge < -0.3 is 5.11 Å². The number of benzene rings is 2. The first-order valence-corrected chi connectivity index (χ1v) is 7.18. The summed E-state index contributed by atoms with van der Waals surface area (Å²) in [6.07, 6.45) is 1.46. The van der Waals surface area contributed by atoms with Crippen LogP contribution in [0.2, 0.25) is 0 Å². The van der Waals surface area contributed by atoms with Crippen LogP contribution in [0.25, 0.3) is 0 Å². The van der Waals surface area contributed by atoms with Crippen LogP contribution in [0.3, 0.4) is 0 Å². The van der Waals surface area contributed by atoms with Gasteiger partial charge in [0.1, 0.15) is 5.82 Å². The lowest BCUT2D eigenvalue weighted by Crippen LogP contribution is -2.07. The van der Waals surface area contributed by atoms with E-state index < -0.39 is 6.10 Å². The fraction of sp³-hybridized carbons (Fsp3) is 0.333. The minimum absolute atomic E-state index is 0.253. The monoisotopic (exact) mass is 272 g/mol. The molecule has 2 heteroatoms. The number of aliphatic hydroxyl groups is 1. The summed E-state index contributed by atoms with van der Waals surface area (Å²) in [7, 11) is 0. The van der Waals surface area contributed by atoms with Gasteiger partial charge >= 0.3 is 0 Å². The zero-order valence-corrected chi connectivity index (χ0v) is 12.1. The van der Waals surface area contributed by atoms with E-state index in [0.29, 0.717) is 12.0 Å². The molecule has 0 fully saturated rings. The highest BCUT2D eigenvalue weighted by Gasteiger charge is 2.14. The van der Waals surface area contributed by atoms with Crippen LogP contribution in [0.1, 0.15) is 42.2 Å². The molecule has 0 bridgehead atoms. The van der Waals surface area contributed by atoms with Crippen molar-refractivity contribution in [3.8, 4) is 0 Å². The molecule has 106 valence electrons. The van der Waals surface area contributed by atoms with Crippen molar-refractivity contribution in [2.24, 2.45) is 0 Å². The van der Waals surface area contributed by atoms with Crippen LogP contribution in [-0.2, 0) is 19.3 Å². The highest BCUT2D eigenvalue weighted by atomic mass is 19.1. The van der Waals surface area contributed by atoms with Crippen molar-refractivity contribution < 1.29 is 9.50 Å². The Labute approximate surface area is 120 Å². The number of hydrogen-bond acceptors (Lipinski definition) is 1. The first-order chi connectivity index (χ1) is 9.65. The standard InChI is InChI=1S/C18H21FO/c1-3-13-9-10-14(4-2)16(11-13)18(20)12-15-7-5-6-8-17(15)19/h5-11,18,20H,3-4,12H2,1-2H3. The van der Waals surface area contributed by atoms with Gasteiger partial charge in [0.25, 0.3) is 0 Å². The summed E-state index contributed by atoms with van der Waals surface area (Å²) in [5.74, 6) is -0.253. The van der Waals surface area contributed by atoms with E-state index in [0.717, 1.165) is 24.0 Å². The van der Waals surface area contributed by atoms with Gasteiger partial charge in [-0.25, -0.2) is 4.39 Å². The lowest BCUT2D eigenvalue weighted by molar-refractivity contribution is 0.176. The number of rotatable bonds is 5. The lowest BCUT2D eigenvalue weighted by Gasteiger charge is -2.17. The molecule has 0 heterocycles. The predicted octanol–water partition coefficient (Wildman–Crippen LogP) is 4.23. The molecular weight excluding hydrogens is 251 g/mol. The SMILES string of the molecule is CCc1ccc(CC)c(C(O)Cc2ccccc2F)c1. The van der Waals surface area contributed by atoms with Crippen LogP contribution < -0.4 is 0 Å². The Balaban J connectivity index is 2.28. The van der Waals surface area contributed by atoms with E-state index in [4.69, 9.17) is 0 Å². The highest BCUT2D eigenvalue weighted by Crippen LogP contribution is 2.25. The van der Waals surface area contributed by atoms with Crippen molar-refractivity contribution >= 4 is 0 Å². The number of halogens is 1. The quantitative estimate of drug-likeness (QED) is 0.863. The molecule has 1 unspecified atom stereocenters. The molecule has 0 amide bonds. The Morgan fingerprint density at radius 1 is 1.00 bits per heavy atom. The van der Waals surface area contributed by atoms with Gasteiger partial charge in [0.2, 0.25) is 0 Å². The summed E-state index contributed by atoms with van der Waals surface area (Å²) in [5.41, 5.74) is 3.81. The molecule has 1 atom stereocenters. The van der Waals surface area contributed by atoms with E-state index in [1.165, 1.54) is 11.6 Å². The Bertz CT molecular complexity index is 577. The fourth-order valence-electron chi connectivity index (χ4n) is 2.48. The third-order valence-corrected chi connectivity index (χ3v) is 3.73. The molecule has 0 aliphatic heterocycles. The van der Waals surface area contributed by atoms with Crippen LogP contribution >= 0.6 is 0 Å². The second kappa shape index (κ2) is 6.67. The van der Waals surface area contributed by atoms with Crippen LogP contribution in [0.15, 0.2) is 42.5 Å². The van der Waals surface area contributed by atoms with Gasteiger partial charge in [-0.2, -0.15) is 0 Å². The van der Waals surface area contributed by atoms with Gasteiger partial charge in [0, 0.05) is 6.42 Å². The maximum Gasteiger partial charge on any atom is 0.126 e. The summed E-state index contributed by atoms with van der Waals surface area (Å²) < 4.78 is 13.7. The van der Waals surface area contributed by atoms with Crippen LogP contribution in [-0.4, -0.2) is 5.11 Å². The topological polar surface area (TPSA) is 20.2 Å².